The molecule has 0 spiro atoms. The highest BCUT2D eigenvalue weighted by Crippen LogP contribution is 2.25. The van der Waals surface area contributed by atoms with Crippen LogP contribution in [-0.2, 0) is 5.75 Å². The number of thioether (sulfide) groups is 1. The van der Waals surface area contributed by atoms with Crippen LogP contribution >= 0.6 is 11.8 Å². The van der Waals surface area contributed by atoms with Gasteiger partial charge in [-0.3, -0.25) is 0 Å². The summed E-state index contributed by atoms with van der Waals surface area (Å²) in [5.41, 5.74) is 2.14. The minimum absolute atomic E-state index is 0.582. The summed E-state index contributed by atoms with van der Waals surface area (Å²) in [6.07, 6.45) is 0. The molecule has 5 heteroatoms. The topological polar surface area (TPSA) is 48.2 Å². The number of aryl methyl sites for hydroxylation is 1. The predicted molar refractivity (Wildman–Crippen MR) is 87.0 cm³/mol. The van der Waals surface area contributed by atoms with Gasteiger partial charge in [-0.05, 0) is 31.2 Å². The summed E-state index contributed by atoms with van der Waals surface area (Å²) >= 11 is 1.68. The first-order valence-corrected chi connectivity index (χ1v) is 7.89. The molecular weight excluding hydrogens is 296 g/mol. The van der Waals surface area contributed by atoms with Crippen molar-refractivity contribution >= 4 is 11.8 Å². The second-order valence-electron chi connectivity index (χ2n) is 4.85. The number of nitrogens with zero attached hydrogens (tertiary/aromatic N) is 2. The summed E-state index contributed by atoms with van der Waals surface area (Å²) in [6, 6.07) is 16.0. The molecule has 0 aliphatic carbocycles. The van der Waals surface area contributed by atoms with Gasteiger partial charge in [0.15, 0.2) is 0 Å². The number of aromatic nitrogens is 2. The van der Waals surface area contributed by atoms with Crippen LogP contribution in [0.4, 0.5) is 0 Å². The molecule has 1 heterocycles. The first-order chi connectivity index (χ1) is 10.7. The van der Waals surface area contributed by atoms with Crippen LogP contribution in [0.25, 0.3) is 11.4 Å². The van der Waals surface area contributed by atoms with Gasteiger partial charge in [-0.15, -0.1) is 11.8 Å². The number of hydrogen-bond acceptors (Lipinski definition) is 5. The van der Waals surface area contributed by atoms with Crippen LogP contribution in [-0.4, -0.2) is 17.3 Å². The molecule has 112 valence electrons. The Hall–Kier alpha value is -2.27. The van der Waals surface area contributed by atoms with Crippen LogP contribution in [0.2, 0.25) is 0 Å². The molecular formula is C17H16N2O2S. The Kier molecular flexibility index (Phi) is 4.44. The Bertz CT molecular complexity index is 753. The number of ether oxygens (including phenoxy) is 1. The van der Waals surface area contributed by atoms with E-state index in [1.807, 2.05) is 24.3 Å². The lowest BCUT2D eigenvalue weighted by molar-refractivity contribution is 0.391. The van der Waals surface area contributed by atoms with Crippen LogP contribution in [0, 0.1) is 6.92 Å². The fraction of sp³-hybridized carbons (Fsp3) is 0.176. The monoisotopic (exact) mass is 312 g/mol. The van der Waals surface area contributed by atoms with Crippen LogP contribution < -0.4 is 4.74 Å². The van der Waals surface area contributed by atoms with Gasteiger partial charge in [-0.2, -0.15) is 4.98 Å². The number of hydrogen-bond donors (Lipinski definition) is 0. The molecule has 22 heavy (non-hydrogen) atoms. The predicted octanol–water partition coefficient (Wildman–Crippen LogP) is 4.35. The Morgan fingerprint density at radius 3 is 2.73 bits per heavy atom. The molecule has 0 N–H and O–H groups in total. The third-order valence-corrected chi connectivity index (χ3v) is 4.18. The molecule has 4 nitrogen and oxygen atoms in total. The van der Waals surface area contributed by atoms with E-state index in [0.717, 1.165) is 11.3 Å². The molecule has 0 saturated carbocycles. The Labute approximate surface area is 133 Å². The molecule has 0 atom stereocenters. The zero-order chi connectivity index (χ0) is 15.4. The van der Waals surface area contributed by atoms with E-state index in [9.17, 15) is 0 Å². The summed E-state index contributed by atoms with van der Waals surface area (Å²) in [6.45, 7) is 2.08. The molecule has 0 fully saturated rings. The summed E-state index contributed by atoms with van der Waals surface area (Å²) in [7, 11) is 1.64. The van der Waals surface area contributed by atoms with Crippen molar-refractivity contribution in [2.45, 2.75) is 17.6 Å². The van der Waals surface area contributed by atoms with Crippen molar-refractivity contribution in [2.75, 3.05) is 7.11 Å². The van der Waals surface area contributed by atoms with E-state index in [0.29, 0.717) is 17.5 Å². The van der Waals surface area contributed by atoms with Gasteiger partial charge < -0.3 is 9.26 Å². The quantitative estimate of drug-likeness (QED) is 0.656. The standard InChI is InChI=1S/C17H16N2O2S/c1-12-6-8-15(9-7-12)22-11-16-18-17(19-21-16)13-4-3-5-14(10-13)20-2/h3-10H,11H2,1-2H3. The smallest absolute Gasteiger partial charge is 0.237 e. The van der Waals surface area contributed by atoms with E-state index >= 15 is 0 Å². The lowest BCUT2D eigenvalue weighted by atomic mass is 10.2. The van der Waals surface area contributed by atoms with Crippen LogP contribution in [0.1, 0.15) is 11.5 Å². The zero-order valence-electron chi connectivity index (χ0n) is 12.4. The molecule has 0 bridgehead atoms. The molecule has 3 aromatic rings. The SMILES string of the molecule is COc1cccc(-c2noc(CSc3ccc(C)cc3)n2)c1. The van der Waals surface area contributed by atoms with Crippen molar-refractivity contribution in [3.8, 4) is 17.1 Å². The second kappa shape index (κ2) is 6.66. The third-order valence-electron chi connectivity index (χ3n) is 3.18. The highest BCUT2D eigenvalue weighted by atomic mass is 32.2. The number of methoxy groups -OCH3 is 1. The molecule has 0 radical (unpaired) electrons. The molecule has 0 saturated heterocycles. The molecule has 0 amide bonds. The highest BCUT2D eigenvalue weighted by Gasteiger charge is 2.09. The number of rotatable bonds is 5. The normalized spacial score (nSPS) is 10.6. The van der Waals surface area contributed by atoms with Gasteiger partial charge in [0.05, 0.1) is 12.9 Å². The van der Waals surface area contributed by atoms with E-state index < -0.39 is 0 Å². The van der Waals surface area contributed by atoms with Crippen molar-refractivity contribution in [1.82, 2.24) is 10.1 Å². The maximum Gasteiger partial charge on any atom is 0.237 e. The average Bonchev–Trinajstić information content (AvgIpc) is 3.03. The molecule has 0 unspecified atom stereocenters. The lowest BCUT2D eigenvalue weighted by Gasteiger charge is -2.00. The Balaban J connectivity index is 1.69. The summed E-state index contributed by atoms with van der Waals surface area (Å²) < 4.78 is 10.5. The average molecular weight is 312 g/mol. The van der Waals surface area contributed by atoms with Crippen LogP contribution in [0.5, 0.6) is 5.75 Å². The van der Waals surface area contributed by atoms with Crippen molar-refractivity contribution in [1.29, 1.82) is 0 Å². The molecule has 1 aromatic heterocycles. The number of benzene rings is 2. The van der Waals surface area contributed by atoms with Gasteiger partial charge in [-0.1, -0.05) is 35.0 Å². The van der Waals surface area contributed by atoms with Crippen molar-refractivity contribution < 1.29 is 9.26 Å². The molecule has 3 rings (SSSR count). The lowest BCUT2D eigenvalue weighted by Crippen LogP contribution is -1.86. The minimum atomic E-state index is 0.582. The maximum atomic E-state index is 5.32. The van der Waals surface area contributed by atoms with Crippen molar-refractivity contribution in [3.05, 3.63) is 60.0 Å². The fourth-order valence-electron chi connectivity index (χ4n) is 1.97. The van der Waals surface area contributed by atoms with Gasteiger partial charge in [0, 0.05) is 10.5 Å². The van der Waals surface area contributed by atoms with Gasteiger partial charge >= 0.3 is 0 Å². The Morgan fingerprint density at radius 1 is 1.14 bits per heavy atom. The van der Waals surface area contributed by atoms with Crippen LogP contribution in [0.3, 0.4) is 0 Å². The van der Waals surface area contributed by atoms with Gasteiger partial charge in [0.25, 0.3) is 0 Å². The molecule has 2 aromatic carbocycles. The third kappa shape index (κ3) is 3.49. The first kappa shape index (κ1) is 14.7. The summed E-state index contributed by atoms with van der Waals surface area (Å²) in [4.78, 5) is 5.62. The zero-order valence-corrected chi connectivity index (χ0v) is 13.3. The highest BCUT2D eigenvalue weighted by molar-refractivity contribution is 7.98. The largest absolute Gasteiger partial charge is 0.497 e. The molecule has 0 aliphatic heterocycles. The van der Waals surface area contributed by atoms with E-state index in [1.165, 1.54) is 10.5 Å². The van der Waals surface area contributed by atoms with Gasteiger partial charge in [-0.25, -0.2) is 0 Å². The van der Waals surface area contributed by atoms with E-state index in [-0.39, 0.29) is 0 Å². The first-order valence-electron chi connectivity index (χ1n) is 6.91. The molecule has 0 aliphatic rings. The van der Waals surface area contributed by atoms with E-state index in [2.05, 4.69) is 41.3 Å². The Morgan fingerprint density at radius 2 is 1.95 bits per heavy atom. The van der Waals surface area contributed by atoms with Crippen molar-refractivity contribution in [2.24, 2.45) is 0 Å². The fourth-order valence-corrected chi connectivity index (χ4v) is 2.71. The summed E-state index contributed by atoms with van der Waals surface area (Å²) in [5.74, 6) is 2.62. The summed E-state index contributed by atoms with van der Waals surface area (Å²) in [5, 5.41) is 4.03. The van der Waals surface area contributed by atoms with Crippen molar-refractivity contribution in [3.63, 3.8) is 0 Å². The van der Waals surface area contributed by atoms with E-state index in [1.54, 1.807) is 18.9 Å². The van der Waals surface area contributed by atoms with E-state index in [4.69, 9.17) is 9.26 Å². The minimum Gasteiger partial charge on any atom is -0.497 e. The van der Waals surface area contributed by atoms with Crippen LogP contribution in [0.15, 0.2) is 57.9 Å². The maximum absolute atomic E-state index is 5.32. The van der Waals surface area contributed by atoms with Gasteiger partial charge in [0.2, 0.25) is 11.7 Å². The van der Waals surface area contributed by atoms with Gasteiger partial charge in [0.1, 0.15) is 5.75 Å². The second-order valence-corrected chi connectivity index (χ2v) is 5.89.